The van der Waals surface area contributed by atoms with Crippen molar-refractivity contribution in [1.82, 2.24) is 0 Å². The lowest BCUT2D eigenvalue weighted by atomic mass is 9.73. The minimum absolute atomic E-state index is 0.316. The molecule has 1 saturated carbocycles. The van der Waals surface area contributed by atoms with E-state index in [2.05, 4.69) is 94.8 Å². The quantitative estimate of drug-likeness (QED) is 0.193. The fourth-order valence-corrected chi connectivity index (χ4v) is 4.37. The number of carbonyl (C=O) groups excluding carboxylic acids is 1. The van der Waals surface area contributed by atoms with E-state index < -0.39 is 0 Å². The van der Waals surface area contributed by atoms with Crippen LogP contribution in [0.1, 0.15) is 48.4 Å². The molecule has 0 amide bonds. The summed E-state index contributed by atoms with van der Waals surface area (Å²) in [4.78, 5) is 11.6. The van der Waals surface area contributed by atoms with Crippen LogP contribution in [0.15, 0.2) is 89.4 Å². The van der Waals surface area contributed by atoms with Crippen LogP contribution in [0.4, 0.5) is 0 Å². The van der Waals surface area contributed by atoms with Crippen LogP contribution in [0, 0.1) is 5.92 Å². The number of hydrogen-bond donors (Lipinski definition) is 0. The highest BCUT2D eigenvalue weighted by Gasteiger charge is 2.27. The van der Waals surface area contributed by atoms with Gasteiger partial charge >= 0.3 is 5.97 Å². The molecule has 0 bridgehead atoms. The molecule has 0 aromatic heterocycles. The van der Waals surface area contributed by atoms with Crippen molar-refractivity contribution in [3.05, 3.63) is 112 Å². The second-order valence-electron chi connectivity index (χ2n) is 8.00. The molecule has 0 aliphatic heterocycles. The molecule has 1 fully saturated rings. The maximum atomic E-state index is 11.6. The lowest BCUT2D eigenvalue weighted by Crippen LogP contribution is -2.15. The molecule has 162 valence electrons. The summed E-state index contributed by atoms with van der Waals surface area (Å²) in [6, 6.07) is 27.8. The average Bonchev–Trinajstić information content (AvgIpc) is 2.79. The molecule has 3 heteroatoms. The van der Waals surface area contributed by atoms with Crippen LogP contribution in [-0.4, -0.2) is 12.6 Å². The Kier molecular flexibility index (Phi) is 7.39. The maximum absolute atomic E-state index is 11.6. The molecule has 0 radical (unpaired) electrons. The molecule has 0 spiro atoms. The topological polar surface area (TPSA) is 26.3 Å². The van der Waals surface area contributed by atoms with E-state index in [9.17, 15) is 4.79 Å². The van der Waals surface area contributed by atoms with Crippen LogP contribution >= 0.6 is 15.9 Å². The zero-order chi connectivity index (χ0) is 22.3. The van der Waals surface area contributed by atoms with Crippen LogP contribution in [0.2, 0.25) is 0 Å². The Hall–Kier alpha value is -2.91. The average molecular weight is 487 g/mol. The lowest BCUT2D eigenvalue weighted by Gasteiger charge is -2.31. The van der Waals surface area contributed by atoms with Gasteiger partial charge in [-0.3, -0.25) is 0 Å². The summed E-state index contributed by atoms with van der Waals surface area (Å²) in [6.45, 7) is 2.19. The van der Waals surface area contributed by atoms with Crippen LogP contribution < -0.4 is 0 Å². The van der Waals surface area contributed by atoms with Crippen molar-refractivity contribution in [2.75, 3.05) is 6.61 Å². The van der Waals surface area contributed by atoms with Crippen molar-refractivity contribution in [3.63, 3.8) is 0 Å². The molecule has 4 rings (SSSR count). The highest BCUT2D eigenvalue weighted by molar-refractivity contribution is 9.10. The summed E-state index contributed by atoms with van der Waals surface area (Å²) < 4.78 is 6.06. The number of ether oxygens (including phenoxy) is 1. The Morgan fingerprint density at radius 1 is 0.906 bits per heavy atom. The molecule has 0 heterocycles. The Morgan fingerprint density at radius 2 is 1.53 bits per heavy atom. The molecule has 2 nitrogen and oxygen atoms in total. The molecule has 1 aliphatic carbocycles. The van der Waals surface area contributed by atoms with Crippen LogP contribution in [-0.2, 0) is 9.53 Å². The minimum atomic E-state index is -0.316. The fourth-order valence-electron chi connectivity index (χ4n) is 4.11. The van der Waals surface area contributed by atoms with Crippen LogP contribution in [0.3, 0.4) is 0 Å². The standard InChI is InChI=1S/C29H27BrO2/c1-2-32-27(31)20-13-21-11-14-24(15-12-21)29(25-16-18-26(30)19-17-25)28(23-9-6-10-23)22-7-4-3-5-8-22/h3-5,7-8,11-20,23H,2,6,9-10H2,1H3. The van der Waals surface area contributed by atoms with Gasteiger partial charge in [0.15, 0.2) is 0 Å². The SMILES string of the molecule is CCOC(=O)C=Cc1ccc(C(=C(c2ccccc2)C2CCC2)c2ccc(Br)cc2)cc1. The predicted octanol–water partition coefficient (Wildman–Crippen LogP) is 7.78. The first-order chi connectivity index (χ1) is 15.7. The Balaban J connectivity index is 1.80. The van der Waals surface area contributed by atoms with Gasteiger partial charge in [0.25, 0.3) is 0 Å². The zero-order valence-corrected chi connectivity index (χ0v) is 19.8. The molecule has 0 saturated heterocycles. The van der Waals surface area contributed by atoms with Gasteiger partial charge in [-0.2, -0.15) is 0 Å². The highest BCUT2D eigenvalue weighted by atomic mass is 79.9. The fraction of sp³-hybridized carbons (Fsp3) is 0.207. The number of hydrogen-bond acceptors (Lipinski definition) is 2. The van der Waals surface area contributed by atoms with E-state index in [0.717, 1.165) is 10.0 Å². The number of halogens is 1. The van der Waals surface area contributed by atoms with Gasteiger partial charge in [-0.05, 0) is 77.3 Å². The first-order valence-corrected chi connectivity index (χ1v) is 12.0. The molecule has 0 unspecified atom stereocenters. The zero-order valence-electron chi connectivity index (χ0n) is 18.3. The van der Waals surface area contributed by atoms with Crippen molar-refractivity contribution in [1.29, 1.82) is 0 Å². The van der Waals surface area contributed by atoms with Crippen molar-refractivity contribution in [3.8, 4) is 0 Å². The molecule has 0 atom stereocenters. The van der Waals surface area contributed by atoms with Crippen molar-refractivity contribution < 1.29 is 9.53 Å². The van der Waals surface area contributed by atoms with E-state index in [1.807, 2.05) is 6.92 Å². The second-order valence-corrected chi connectivity index (χ2v) is 8.91. The summed E-state index contributed by atoms with van der Waals surface area (Å²) in [7, 11) is 0. The minimum Gasteiger partial charge on any atom is -0.463 e. The van der Waals surface area contributed by atoms with E-state index in [4.69, 9.17) is 4.74 Å². The van der Waals surface area contributed by atoms with Gasteiger partial charge in [0.2, 0.25) is 0 Å². The Bertz CT molecular complexity index is 1110. The summed E-state index contributed by atoms with van der Waals surface area (Å²) in [5.74, 6) is 0.253. The largest absolute Gasteiger partial charge is 0.463 e. The number of allylic oxidation sites excluding steroid dienone is 1. The molecular formula is C29H27BrO2. The van der Waals surface area contributed by atoms with Gasteiger partial charge in [-0.1, -0.05) is 89.1 Å². The third-order valence-corrected chi connectivity index (χ3v) is 6.43. The van der Waals surface area contributed by atoms with Gasteiger partial charge in [0.05, 0.1) is 6.61 Å². The molecule has 32 heavy (non-hydrogen) atoms. The van der Waals surface area contributed by atoms with E-state index in [1.54, 1.807) is 6.08 Å². The molecule has 3 aromatic carbocycles. The predicted molar refractivity (Wildman–Crippen MR) is 136 cm³/mol. The van der Waals surface area contributed by atoms with Gasteiger partial charge < -0.3 is 4.74 Å². The van der Waals surface area contributed by atoms with E-state index in [-0.39, 0.29) is 5.97 Å². The molecule has 1 aliphatic rings. The van der Waals surface area contributed by atoms with Crippen LogP contribution in [0.5, 0.6) is 0 Å². The third-order valence-electron chi connectivity index (χ3n) is 5.90. The number of benzene rings is 3. The van der Waals surface area contributed by atoms with E-state index in [1.165, 1.54) is 53.2 Å². The van der Waals surface area contributed by atoms with Crippen molar-refractivity contribution >= 4 is 39.1 Å². The van der Waals surface area contributed by atoms with Gasteiger partial charge in [-0.15, -0.1) is 0 Å². The normalized spacial score (nSPS) is 14.7. The van der Waals surface area contributed by atoms with Crippen LogP contribution in [0.25, 0.3) is 17.2 Å². The number of carbonyl (C=O) groups is 1. The number of rotatable bonds is 7. The van der Waals surface area contributed by atoms with Gasteiger partial charge in [-0.25, -0.2) is 4.79 Å². The maximum Gasteiger partial charge on any atom is 0.330 e. The van der Waals surface area contributed by atoms with Gasteiger partial charge in [0.1, 0.15) is 0 Å². The van der Waals surface area contributed by atoms with E-state index in [0.29, 0.717) is 12.5 Å². The molecule has 3 aromatic rings. The summed E-state index contributed by atoms with van der Waals surface area (Å²) >= 11 is 3.57. The highest BCUT2D eigenvalue weighted by Crippen LogP contribution is 2.45. The first-order valence-electron chi connectivity index (χ1n) is 11.2. The summed E-state index contributed by atoms with van der Waals surface area (Å²) in [5.41, 5.74) is 7.38. The second kappa shape index (κ2) is 10.6. The summed E-state index contributed by atoms with van der Waals surface area (Å²) in [5, 5.41) is 0. The van der Waals surface area contributed by atoms with E-state index >= 15 is 0 Å². The third kappa shape index (κ3) is 5.28. The lowest BCUT2D eigenvalue weighted by molar-refractivity contribution is -0.137. The molecule has 0 N–H and O–H groups in total. The summed E-state index contributed by atoms with van der Waals surface area (Å²) in [6.07, 6.45) is 7.02. The van der Waals surface area contributed by atoms with Crippen molar-refractivity contribution in [2.45, 2.75) is 26.2 Å². The monoisotopic (exact) mass is 486 g/mol. The number of esters is 1. The molecular weight excluding hydrogens is 460 g/mol. The first kappa shape index (κ1) is 22.3. The van der Waals surface area contributed by atoms with Crippen molar-refractivity contribution in [2.24, 2.45) is 5.92 Å². The van der Waals surface area contributed by atoms with Gasteiger partial charge in [0, 0.05) is 10.5 Å². The Morgan fingerprint density at radius 3 is 2.09 bits per heavy atom. The smallest absolute Gasteiger partial charge is 0.330 e. The Labute approximate surface area is 198 Å².